The third-order valence-corrected chi connectivity index (χ3v) is 3.28. The van der Waals surface area contributed by atoms with Gasteiger partial charge in [0.2, 0.25) is 0 Å². The van der Waals surface area contributed by atoms with E-state index in [9.17, 15) is 17.6 Å². The van der Waals surface area contributed by atoms with E-state index in [0.29, 0.717) is 6.42 Å². The highest BCUT2D eigenvalue weighted by Gasteiger charge is 2.10. The van der Waals surface area contributed by atoms with Crippen LogP contribution in [0.1, 0.15) is 18.9 Å². The molecule has 0 saturated heterocycles. The Morgan fingerprint density at radius 3 is 2.75 bits per heavy atom. The van der Waals surface area contributed by atoms with Gasteiger partial charge in [0, 0.05) is 18.2 Å². The highest BCUT2D eigenvalue weighted by Crippen LogP contribution is 2.17. The molecule has 0 bridgehead atoms. The van der Waals surface area contributed by atoms with Gasteiger partial charge in [-0.05, 0) is 30.7 Å². The number of aliphatic carboxylic acids is 1. The van der Waals surface area contributed by atoms with E-state index in [1.54, 1.807) is 0 Å². The zero-order valence-electron chi connectivity index (χ0n) is 10.8. The average molecular weight is 302 g/mol. The van der Waals surface area contributed by atoms with Gasteiger partial charge in [-0.2, -0.15) is 13.1 Å². The van der Waals surface area contributed by atoms with Gasteiger partial charge in [0.05, 0.1) is 5.69 Å². The van der Waals surface area contributed by atoms with E-state index < -0.39 is 22.0 Å². The van der Waals surface area contributed by atoms with Crippen molar-refractivity contribution in [3.05, 3.63) is 35.7 Å². The maximum absolute atomic E-state index is 13.4. The number of carbonyl (C=O) groups is 1. The molecule has 1 rings (SSSR count). The summed E-state index contributed by atoms with van der Waals surface area (Å²) in [5.41, 5.74) is 0.114. The lowest BCUT2D eigenvalue weighted by Crippen LogP contribution is -2.30. The summed E-state index contributed by atoms with van der Waals surface area (Å²) >= 11 is 0. The van der Waals surface area contributed by atoms with Crippen molar-refractivity contribution >= 4 is 27.9 Å². The summed E-state index contributed by atoms with van der Waals surface area (Å²) in [5.74, 6) is -1.87. The number of hydrogen-bond acceptors (Lipinski definition) is 3. The van der Waals surface area contributed by atoms with Gasteiger partial charge in [-0.1, -0.05) is 6.92 Å². The normalized spacial score (nSPS) is 11.7. The second kappa shape index (κ2) is 7.01. The lowest BCUT2D eigenvalue weighted by Gasteiger charge is -2.09. The summed E-state index contributed by atoms with van der Waals surface area (Å²) in [5, 5.41) is 8.49. The predicted molar refractivity (Wildman–Crippen MR) is 73.9 cm³/mol. The van der Waals surface area contributed by atoms with Gasteiger partial charge in [-0.25, -0.2) is 9.18 Å². The van der Waals surface area contributed by atoms with E-state index in [1.807, 2.05) is 6.92 Å². The van der Waals surface area contributed by atoms with Crippen LogP contribution < -0.4 is 9.44 Å². The number of carboxylic acid groups (broad SMARTS) is 1. The standard InChI is InChI=1S/C12H15FN2O4S/c1-2-7-14-20(18,19)15-10-4-5-11(13)9(8-10)3-6-12(16)17/h3-6,8,14-15H,2,7H2,1H3,(H,16,17)/b6-3+. The Labute approximate surface area is 116 Å². The fourth-order valence-corrected chi connectivity index (χ4v) is 2.31. The lowest BCUT2D eigenvalue weighted by molar-refractivity contribution is -0.131. The molecule has 0 atom stereocenters. The maximum Gasteiger partial charge on any atom is 0.328 e. The molecule has 0 spiro atoms. The SMILES string of the molecule is CCCNS(=O)(=O)Nc1ccc(F)c(/C=C/C(=O)O)c1. The number of hydrogen-bond donors (Lipinski definition) is 3. The van der Waals surface area contributed by atoms with Gasteiger partial charge in [0.15, 0.2) is 0 Å². The molecule has 8 heteroatoms. The van der Waals surface area contributed by atoms with E-state index in [4.69, 9.17) is 5.11 Å². The van der Waals surface area contributed by atoms with Crippen LogP contribution in [-0.4, -0.2) is 26.0 Å². The topological polar surface area (TPSA) is 95.5 Å². The fourth-order valence-electron chi connectivity index (χ4n) is 1.32. The molecule has 3 N–H and O–H groups in total. The molecule has 0 radical (unpaired) electrons. The Morgan fingerprint density at radius 2 is 2.15 bits per heavy atom. The molecule has 0 unspecified atom stereocenters. The molecule has 0 saturated carbocycles. The first-order valence-corrected chi connectivity index (χ1v) is 7.30. The minimum absolute atomic E-state index is 0.0249. The molecule has 1 aromatic rings. The Kier molecular flexibility index (Phi) is 5.66. The summed E-state index contributed by atoms with van der Waals surface area (Å²) in [4.78, 5) is 10.4. The molecule has 110 valence electrons. The number of anilines is 1. The van der Waals surface area contributed by atoms with E-state index in [2.05, 4.69) is 9.44 Å². The summed E-state index contributed by atoms with van der Waals surface area (Å²) in [6, 6.07) is 3.51. The Balaban J connectivity index is 2.93. The summed E-state index contributed by atoms with van der Waals surface area (Å²) in [6.45, 7) is 2.09. The van der Waals surface area contributed by atoms with Crippen molar-refractivity contribution in [2.24, 2.45) is 0 Å². The molecule has 20 heavy (non-hydrogen) atoms. The van der Waals surface area contributed by atoms with Gasteiger partial charge in [0.25, 0.3) is 10.2 Å². The van der Waals surface area contributed by atoms with Crippen LogP contribution in [0.25, 0.3) is 6.08 Å². The Hall–Kier alpha value is -1.93. The smallest absolute Gasteiger partial charge is 0.328 e. The maximum atomic E-state index is 13.4. The third-order valence-electron chi connectivity index (χ3n) is 2.20. The molecule has 0 aliphatic carbocycles. The lowest BCUT2D eigenvalue weighted by atomic mass is 10.2. The average Bonchev–Trinajstić information content (AvgIpc) is 2.36. The van der Waals surface area contributed by atoms with Crippen molar-refractivity contribution in [3.63, 3.8) is 0 Å². The molecule has 0 fully saturated rings. The molecule has 0 amide bonds. The monoisotopic (exact) mass is 302 g/mol. The van der Waals surface area contributed by atoms with Crippen molar-refractivity contribution in [1.82, 2.24) is 4.72 Å². The number of halogens is 1. The van der Waals surface area contributed by atoms with Gasteiger partial charge in [-0.3, -0.25) is 4.72 Å². The first-order chi connectivity index (χ1) is 9.34. The van der Waals surface area contributed by atoms with Crippen molar-refractivity contribution in [1.29, 1.82) is 0 Å². The highest BCUT2D eigenvalue weighted by molar-refractivity contribution is 7.90. The predicted octanol–water partition coefficient (Wildman–Crippen LogP) is 1.58. The summed E-state index contributed by atoms with van der Waals surface area (Å²) in [7, 11) is -3.72. The van der Waals surface area contributed by atoms with Crippen molar-refractivity contribution in [3.8, 4) is 0 Å². The summed E-state index contributed by atoms with van der Waals surface area (Å²) in [6.07, 6.45) is 2.46. The molecule has 0 aromatic heterocycles. The van der Waals surface area contributed by atoms with Gasteiger partial charge in [0.1, 0.15) is 5.82 Å². The van der Waals surface area contributed by atoms with Crippen molar-refractivity contribution in [2.45, 2.75) is 13.3 Å². The van der Waals surface area contributed by atoms with Gasteiger partial charge < -0.3 is 5.11 Å². The van der Waals surface area contributed by atoms with Gasteiger partial charge >= 0.3 is 5.97 Å². The summed E-state index contributed by atoms with van der Waals surface area (Å²) < 4.78 is 41.1. The van der Waals surface area contributed by atoms with Gasteiger partial charge in [-0.15, -0.1) is 0 Å². The van der Waals surface area contributed by atoms with Crippen LogP contribution >= 0.6 is 0 Å². The van der Waals surface area contributed by atoms with Crippen LogP contribution in [0.4, 0.5) is 10.1 Å². The van der Waals surface area contributed by atoms with Crippen LogP contribution in [0, 0.1) is 5.82 Å². The molecule has 0 aliphatic heterocycles. The zero-order valence-corrected chi connectivity index (χ0v) is 11.6. The largest absolute Gasteiger partial charge is 0.478 e. The highest BCUT2D eigenvalue weighted by atomic mass is 32.2. The zero-order chi connectivity index (χ0) is 15.2. The van der Waals surface area contributed by atoms with E-state index in [1.165, 1.54) is 12.1 Å². The number of benzene rings is 1. The molecule has 0 heterocycles. The number of nitrogens with one attached hydrogen (secondary N) is 2. The third kappa shape index (κ3) is 5.37. The van der Waals surface area contributed by atoms with E-state index in [0.717, 1.165) is 18.2 Å². The van der Waals surface area contributed by atoms with E-state index >= 15 is 0 Å². The van der Waals surface area contributed by atoms with Crippen LogP contribution in [0.5, 0.6) is 0 Å². The minimum Gasteiger partial charge on any atom is -0.478 e. The van der Waals surface area contributed by atoms with Crippen LogP contribution in [0.2, 0.25) is 0 Å². The second-order valence-corrected chi connectivity index (χ2v) is 5.41. The second-order valence-electron chi connectivity index (χ2n) is 3.91. The molecular formula is C12H15FN2O4S. The number of carboxylic acids is 1. The van der Waals surface area contributed by atoms with Crippen molar-refractivity contribution < 1.29 is 22.7 Å². The molecule has 0 aliphatic rings. The minimum atomic E-state index is -3.72. The first-order valence-electron chi connectivity index (χ1n) is 5.82. The molecule has 1 aromatic carbocycles. The number of rotatable bonds is 7. The fraction of sp³-hybridized carbons (Fsp3) is 0.250. The van der Waals surface area contributed by atoms with Crippen molar-refractivity contribution in [2.75, 3.05) is 11.3 Å². The first kappa shape index (κ1) is 16.1. The quantitative estimate of drug-likeness (QED) is 0.666. The molecule has 6 nitrogen and oxygen atoms in total. The Bertz CT molecular complexity index is 614. The van der Waals surface area contributed by atoms with Crippen LogP contribution in [0.15, 0.2) is 24.3 Å². The van der Waals surface area contributed by atoms with E-state index in [-0.39, 0.29) is 17.8 Å². The van der Waals surface area contributed by atoms with Crippen LogP contribution in [0.3, 0.4) is 0 Å². The molecular weight excluding hydrogens is 287 g/mol. The Morgan fingerprint density at radius 1 is 1.45 bits per heavy atom. The van der Waals surface area contributed by atoms with Crippen LogP contribution in [-0.2, 0) is 15.0 Å².